The van der Waals surface area contributed by atoms with Crippen LogP contribution >= 0.6 is 11.3 Å². The summed E-state index contributed by atoms with van der Waals surface area (Å²) in [6.07, 6.45) is 1.96. The van der Waals surface area contributed by atoms with Crippen molar-refractivity contribution < 1.29 is 8.42 Å². The van der Waals surface area contributed by atoms with Crippen LogP contribution in [0.25, 0.3) is 0 Å². The predicted molar refractivity (Wildman–Crippen MR) is 83.9 cm³/mol. The Morgan fingerprint density at radius 2 is 2.05 bits per heavy atom. The molecule has 1 unspecified atom stereocenters. The normalized spacial score (nSPS) is 22.1. The molecule has 6 heteroatoms. The Labute approximate surface area is 126 Å². The fourth-order valence-electron chi connectivity index (χ4n) is 2.39. The van der Waals surface area contributed by atoms with Gasteiger partial charge >= 0.3 is 0 Å². The summed E-state index contributed by atoms with van der Waals surface area (Å²) in [6.45, 7) is 7.51. The smallest absolute Gasteiger partial charge is 0.252 e. The molecule has 1 N–H and O–H groups in total. The largest absolute Gasteiger partial charge is 0.316 e. The van der Waals surface area contributed by atoms with Crippen molar-refractivity contribution in [1.29, 1.82) is 0 Å². The SMILES string of the molecule is CNC1CCCN(S(=O)(=O)c2ccc(C(C)(C)C)s2)C1. The van der Waals surface area contributed by atoms with E-state index in [1.165, 1.54) is 11.3 Å². The number of piperidine rings is 1. The molecule has 0 spiro atoms. The van der Waals surface area contributed by atoms with E-state index in [-0.39, 0.29) is 11.5 Å². The van der Waals surface area contributed by atoms with Gasteiger partial charge in [-0.25, -0.2) is 8.42 Å². The lowest BCUT2D eigenvalue weighted by Gasteiger charge is -2.31. The summed E-state index contributed by atoms with van der Waals surface area (Å²) in [6, 6.07) is 3.96. The van der Waals surface area contributed by atoms with E-state index in [0.717, 1.165) is 17.7 Å². The number of nitrogens with one attached hydrogen (secondary N) is 1. The van der Waals surface area contributed by atoms with Gasteiger partial charge < -0.3 is 5.32 Å². The second-order valence-corrected chi connectivity index (χ2v) is 9.61. The van der Waals surface area contributed by atoms with Crippen LogP contribution in [0.1, 0.15) is 38.5 Å². The molecule has 114 valence electrons. The van der Waals surface area contributed by atoms with Crippen molar-refractivity contribution >= 4 is 21.4 Å². The molecule has 4 nitrogen and oxygen atoms in total. The van der Waals surface area contributed by atoms with Crippen LogP contribution in [0.2, 0.25) is 0 Å². The lowest BCUT2D eigenvalue weighted by Crippen LogP contribution is -2.46. The van der Waals surface area contributed by atoms with Crippen LogP contribution in [0.5, 0.6) is 0 Å². The summed E-state index contributed by atoms with van der Waals surface area (Å²) < 4.78 is 27.5. The summed E-state index contributed by atoms with van der Waals surface area (Å²) >= 11 is 1.40. The zero-order chi connectivity index (χ0) is 15.0. The van der Waals surface area contributed by atoms with Gasteiger partial charge in [0, 0.05) is 24.0 Å². The van der Waals surface area contributed by atoms with Gasteiger partial charge in [0.15, 0.2) is 0 Å². The molecule has 0 amide bonds. The van der Waals surface area contributed by atoms with Crippen molar-refractivity contribution in [3.8, 4) is 0 Å². The third kappa shape index (κ3) is 3.24. The molecule has 1 aromatic rings. The molecular weight excluding hydrogens is 292 g/mol. The van der Waals surface area contributed by atoms with Crippen molar-refractivity contribution in [3.63, 3.8) is 0 Å². The molecule has 2 heterocycles. The summed E-state index contributed by atoms with van der Waals surface area (Å²) in [4.78, 5) is 1.11. The van der Waals surface area contributed by atoms with E-state index in [2.05, 4.69) is 26.1 Å². The average molecular weight is 316 g/mol. The highest BCUT2D eigenvalue weighted by atomic mass is 32.2. The fourth-order valence-corrected chi connectivity index (χ4v) is 5.43. The highest BCUT2D eigenvalue weighted by molar-refractivity contribution is 7.91. The predicted octanol–water partition coefficient (Wildman–Crippen LogP) is 2.42. The number of hydrogen-bond donors (Lipinski definition) is 1. The van der Waals surface area contributed by atoms with Gasteiger partial charge in [-0.15, -0.1) is 11.3 Å². The zero-order valence-electron chi connectivity index (χ0n) is 12.6. The van der Waals surface area contributed by atoms with Gasteiger partial charge in [-0.05, 0) is 37.4 Å². The number of nitrogens with zero attached hydrogens (tertiary/aromatic N) is 1. The van der Waals surface area contributed by atoms with Gasteiger partial charge in [0.25, 0.3) is 10.0 Å². The highest BCUT2D eigenvalue weighted by Gasteiger charge is 2.31. The van der Waals surface area contributed by atoms with Crippen molar-refractivity contribution in [3.05, 3.63) is 17.0 Å². The van der Waals surface area contributed by atoms with Gasteiger partial charge in [0.2, 0.25) is 0 Å². The molecular formula is C14H24N2O2S2. The Balaban J connectivity index is 2.24. The Bertz CT molecular complexity index is 558. The first-order valence-electron chi connectivity index (χ1n) is 7.03. The quantitative estimate of drug-likeness (QED) is 0.931. The first-order chi connectivity index (χ1) is 9.25. The highest BCUT2D eigenvalue weighted by Crippen LogP contribution is 2.33. The van der Waals surface area contributed by atoms with Gasteiger partial charge in [0.05, 0.1) is 0 Å². The summed E-state index contributed by atoms with van der Waals surface area (Å²) in [5.74, 6) is 0. The van der Waals surface area contributed by atoms with Crippen LogP contribution in [-0.2, 0) is 15.4 Å². The molecule has 1 fully saturated rings. The van der Waals surface area contributed by atoms with Crippen LogP contribution in [0.3, 0.4) is 0 Å². The van der Waals surface area contributed by atoms with E-state index in [0.29, 0.717) is 17.3 Å². The minimum atomic E-state index is -3.33. The van der Waals surface area contributed by atoms with Crippen molar-refractivity contribution in [2.45, 2.75) is 49.3 Å². The van der Waals surface area contributed by atoms with Crippen LogP contribution in [0.15, 0.2) is 16.3 Å². The molecule has 0 aromatic carbocycles. The summed E-state index contributed by atoms with van der Waals surface area (Å²) in [5.41, 5.74) is -0.00611. The first kappa shape index (κ1) is 15.9. The van der Waals surface area contributed by atoms with E-state index in [4.69, 9.17) is 0 Å². The molecule has 20 heavy (non-hydrogen) atoms. The maximum absolute atomic E-state index is 12.7. The Morgan fingerprint density at radius 1 is 1.35 bits per heavy atom. The minimum absolute atomic E-state index is 0.00611. The van der Waals surface area contributed by atoms with E-state index < -0.39 is 10.0 Å². The van der Waals surface area contributed by atoms with E-state index >= 15 is 0 Å². The van der Waals surface area contributed by atoms with Crippen LogP contribution in [0, 0.1) is 0 Å². The van der Waals surface area contributed by atoms with Crippen molar-refractivity contribution in [1.82, 2.24) is 9.62 Å². The molecule has 0 saturated carbocycles. The lowest BCUT2D eigenvalue weighted by molar-refractivity contribution is 0.293. The second-order valence-electron chi connectivity index (χ2n) is 6.36. The standard InChI is InChI=1S/C14H24N2O2S2/c1-14(2,3)12-7-8-13(19-12)20(17,18)16-9-5-6-11(10-16)15-4/h7-8,11,15H,5-6,9-10H2,1-4H3. The molecule has 1 saturated heterocycles. The Kier molecular flexibility index (Phi) is 4.59. The third-order valence-electron chi connectivity index (χ3n) is 3.71. The number of sulfonamides is 1. The number of hydrogen-bond acceptors (Lipinski definition) is 4. The summed E-state index contributed by atoms with van der Waals surface area (Å²) in [5, 5.41) is 3.18. The number of rotatable bonds is 3. The van der Waals surface area contributed by atoms with E-state index in [1.807, 2.05) is 13.1 Å². The van der Waals surface area contributed by atoms with Crippen molar-refractivity contribution in [2.24, 2.45) is 0 Å². The molecule has 2 rings (SSSR count). The zero-order valence-corrected chi connectivity index (χ0v) is 14.3. The number of thiophene rings is 1. The molecule has 0 radical (unpaired) electrons. The van der Waals surface area contributed by atoms with E-state index in [9.17, 15) is 8.42 Å². The van der Waals surface area contributed by atoms with Gasteiger partial charge in [-0.1, -0.05) is 20.8 Å². The second kappa shape index (κ2) is 5.75. The van der Waals surface area contributed by atoms with Gasteiger partial charge in [-0.3, -0.25) is 0 Å². The Hall–Kier alpha value is -0.430. The fraction of sp³-hybridized carbons (Fsp3) is 0.714. The molecule has 0 aliphatic carbocycles. The first-order valence-corrected chi connectivity index (χ1v) is 9.28. The van der Waals surface area contributed by atoms with Crippen molar-refractivity contribution in [2.75, 3.05) is 20.1 Å². The minimum Gasteiger partial charge on any atom is -0.316 e. The van der Waals surface area contributed by atoms with Crippen LogP contribution in [-0.4, -0.2) is 38.9 Å². The van der Waals surface area contributed by atoms with E-state index in [1.54, 1.807) is 10.4 Å². The molecule has 1 aliphatic rings. The monoisotopic (exact) mass is 316 g/mol. The third-order valence-corrected chi connectivity index (χ3v) is 7.55. The maximum atomic E-state index is 12.7. The number of likely N-dealkylation sites (N-methyl/N-ethyl adjacent to an activating group) is 1. The van der Waals surface area contributed by atoms with Gasteiger partial charge in [-0.2, -0.15) is 4.31 Å². The average Bonchev–Trinajstić information content (AvgIpc) is 2.89. The molecule has 1 aromatic heterocycles. The molecule has 1 aliphatic heterocycles. The Morgan fingerprint density at radius 3 is 2.60 bits per heavy atom. The van der Waals surface area contributed by atoms with Crippen LogP contribution < -0.4 is 5.32 Å². The lowest BCUT2D eigenvalue weighted by atomic mass is 9.95. The van der Waals surface area contributed by atoms with Gasteiger partial charge in [0.1, 0.15) is 4.21 Å². The topological polar surface area (TPSA) is 49.4 Å². The molecule has 0 bridgehead atoms. The summed E-state index contributed by atoms with van der Waals surface area (Å²) in [7, 11) is -1.44. The maximum Gasteiger partial charge on any atom is 0.252 e. The van der Waals surface area contributed by atoms with Crippen LogP contribution in [0.4, 0.5) is 0 Å². The molecule has 1 atom stereocenters.